The molecule has 0 amide bonds. The molecular weight excluding hydrogens is 196 g/mol. The third-order valence-electron chi connectivity index (χ3n) is 2.69. The Balaban J connectivity index is 1.81. The van der Waals surface area contributed by atoms with Gasteiger partial charge in [0.1, 0.15) is 0 Å². The first-order valence-electron chi connectivity index (χ1n) is 5.26. The number of hydrogen-bond donors (Lipinski definition) is 0. The minimum absolute atomic E-state index is 0.895. The van der Waals surface area contributed by atoms with Gasteiger partial charge in [0.2, 0.25) is 0 Å². The van der Waals surface area contributed by atoms with Gasteiger partial charge in [-0.25, -0.2) is 0 Å². The number of morpholine rings is 1. The Labute approximate surface area is 90.1 Å². The SMILES string of the molecule is CCC1=CSCN1CN1CCOCC1. The van der Waals surface area contributed by atoms with Crippen molar-refractivity contribution in [3.05, 3.63) is 11.1 Å². The normalized spacial score (nSPS) is 24.1. The molecule has 0 atom stereocenters. The van der Waals surface area contributed by atoms with Crippen molar-refractivity contribution >= 4 is 11.8 Å². The van der Waals surface area contributed by atoms with Gasteiger partial charge in [0.25, 0.3) is 0 Å². The Kier molecular flexibility index (Phi) is 3.73. The van der Waals surface area contributed by atoms with Crippen LogP contribution in [-0.2, 0) is 4.74 Å². The van der Waals surface area contributed by atoms with Crippen molar-refractivity contribution in [1.29, 1.82) is 0 Å². The largest absolute Gasteiger partial charge is 0.379 e. The third kappa shape index (κ3) is 2.43. The quantitative estimate of drug-likeness (QED) is 0.708. The highest BCUT2D eigenvalue weighted by Gasteiger charge is 2.18. The molecule has 0 aromatic rings. The van der Waals surface area contributed by atoms with E-state index in [0.29, 0.717) is 0 Å². The van der Waals surface area contributed by atoms with Crippen LogP contribution in [0.5, 0.6) is 0 Å². The van der Waals surface area contributed by atoms with Crippen molar-refractivity contribution < 1.29 is 4.74 Å². The van der Waals surface area contributed by atoms with Crippen LogP contribution in [0.1, 0.15) is 13.3 Å². The van der Waals surface area contributed by atoms with Gasteiger partial charge in [-0.3, -0.25) is 4.90 Å². The van der Waals surface area contributed by atoms with Crippen molar-refractivity contribution in [1.82, 2.24) is 9.80 Å². The Morgan fingerprint density at radius 3 is 2.93 bits per heavy atom. The zero-order valence-electron chi connectivity index (χ0n) is 8.74. The summed E-state index contributed by atoms with van der Waals surface area (Å²) in [7, 11) is 0. The van der Waals surface area contributed by atoms with Gasteiger partial charge in [-0.2, -0.15) is 0 Å². The summed E-state index contributed by atoms with van der Waals surface area (Å²) in [6.45, 7) is 7.26. The van der Waals surface area contributed by atoms with Crippen LogP contribution in [-0.4, -0.2) is 48.6 Å². The second-order valence-electron chi connectivity index (χ2n) is 3.67. The second-order valence-corrected chi connectivity index (χ2v) is 4.50. The third-order valence-corrected chi connectivity index (χ3v) is 3.59. The lowest BCUT2D eigenvalue weighted by molar-refractivity contribution is 0.0191. The molecule has 4 heteroatoms. The highest BCUT2D eigenvalue weighted by Crippen LogP contribution is 2.25. The van der Waals surface area contributed by atoms with E-state index in [2.05, 4.69) is 22.1 Å². The average Bonchev–Trinajstić information content (AvgIpc) is 2.67. The van der Waals surface area contributed by atoms with E-state index >= 15 is 0 Å². The highest BCUT2D eigenvalue weighted by atomic mass is 32.2. The molecule has 2 aliphatic heterocycles. The maximum Gasteiger partial charge on any atom is 0.0714 e. The number of thioether (sulfide) groups is 1. The first-order chi connectivity index (χ1) is 6.90. The number of ether oxygens (including phenoxy) is 1. The smallest absolute Gasteiger partial charge is 0.0714 e. The van der Waals surface area contributed by atoms with Gasteiger partial charge in [0, 0.05) is 18.8 Å². The van der Waals surface area contributed by atoms with Crippen LogP contribution in [0.15, 0.2) is 11.1 Å². The summed E-state index contributed by atoms with van der Waals surface area (Å²) in [4.78, 5) is 4.94. The van der Waals surface area contributed by atoms with Crippen molar-refractivity contribution in [2.24, 2.45) is 0 Å². The van der Waals surface area contributed by atoms with Crippen molar-refractivity contribution in [2.45, 2.75) is 13.3 Å². The lowest BCUT2D eigenvalue weighted by Gasteiger charge is -2.32. The van der Waals surface area contributed by atoms with Gasteiger partial charge >= 0.3 is 0 Å². The lowest BCUT2D eigenvalue weighted by atomic mass is 10.3. The van der Waals surface area contributed by atoms with Gasteiger partial charge in [0.15, 0.2) is 0 Å². The number of rotatable bonds is 3. The fourth-order valence-electron chi connectivity index (χ4n) is 1.80. The molecule has 3 nitrogen and oxygen atoms in total. The van der Waals surface area contributed by atoms with Crippen LogP contribution >= 0.6 is 11.8 Å². The summed E-state index contributed by atoms with van der Waals surface area (Å²) in [6.07, 6.45) is 1.15. The van der Waals surface area contributed by atoms with Crippen LogP contribution < -0.4 is 0 Å². The number of allylic oxidation sites excluding steroid dienone is 1. The molecule has 0 aromatic carbocycles. The molecule has 80 valence electrons. The van der Waals surface area contributed by atoms with Crippen LogP contribution in [0.4, 0.5) is 0 Å². The molecule has 0 saturated carbocycles. The first kappa shape index (κ1) is 10.3. The van der Waals surface area contributed by atoms with E-state index in [9.17, 15) is 0 Å². The van der Waals surface area contributed by atoms with E-state index in [1.807, 2.05) is 11.8 Å². The molecule has 0 unspecified atom stereocenters. The maximum atomic E-state index is 5.34. The second kappa shape index (κ2) is 5.05. The van der Waals surface area contributed by atoms with Gasteiger partial charge in [-0.05, 0) is 11.8 Å². The van der Waals surface area contributed by atoms with Crippen LogP contribution in [0.3, 0.4) is 0 Å². The molecule has 14 heavy (non-hydrogen) atoms. The molecule has 0 aromatic heterocycles. The predicted octanol–water partition coefficient (Wildman–Crippen LogP) is 1.53. The minimum Gasteiger partial charge on any atom is -0.379 e. The monoisotopic (exact) mass is 214 g/mol. The summed E-state index contributed by atoms with van der Waals surface area (Å²) in [5, 5.41) is 2.29. The summed E-state index contributed by atoms with van der Waals surface area (Å²) in [5.41, 5.74) is 1.49. The highest BCUT2D eigenvalue weighted by molar-refractivity contribution is 8.02. The molecule has 0 spiro atoms. The lowest BCUT2D eigenvalue weighted by Crippen LogP contribution is -2.42. The predicted molar refractivity (Wildman–Crippen MR) is 59.9 cm³/mol. The molecular formula is C10H18N2OS. The summed E-state index contributed by atoms with van der Waals surface area (Å²) < 4.78 is 5.34. The summed E-state index contributed by atoms with van der Waals surface area (Å²) in [6, 6.07) is 0. The molecule has 0 radical (unpaired) electrons. The van der Waals surface area contributed by atoms with Crippen LogP contribution in [0.2, 0.25) is 0 Å². The van der Waals surface area contributed by atoms with Crippen LogP contribution in [0, 0.1) is 0 Å². The van der Waals surface area contributed by atoms with E-state index < -0.39 is 0 Å². The number of nitrogens with zero attached hydrogens (tertiary/aromatic N) is 2. The zero-order valence-corrected chi connectivity index (χ0v) is 9.55. The Morgan fingerprint density at radius 1 is 1.43 bits per heavy atom. The zero-order chi connectivity index (χ0) is 9.80. The Morgan fingerprint density at radius 2 is 2.21 bits per heavy atom. The average molecular weight is 214 g/mol. The molecule has 2 heterocycles. The van der Waals surface area contributed by atoms with E-state index in [4.69, 9.17) is 4.74 Å². The van der Waals surface area contributed by atoms with E-state index in [1.54, 1.807) is 0 Å². The maximum absolute atomic E-state index is 5.34. The topological polar surface area (TPSA) is 15.7 Å². The van der Waals surface area contributed by atoms with Crippen molar-refractivity contribution in [3.8, 4) is 0 Å². The summed E-state index contributed by atoms with van der Waals surface area (Å²) in [5.74, 6) is 1.13. The molecule has 1 saturated heterocycles. The van der Waals surface area contributed by atoms with Gasteiger partial charge < -0.3 is 9.64 Å². The number of hydrogen-bond acceptors (Lipinski definition) is 4. The molecule has 0 bridgehead atoms. The Hall–Kier alpha value is -0.190. The van der Waals surface area contributed by atoms with E-state index in [0.717, 1.165) is 45.3 Å². The van der Waals surface area contributed by atoms with Gasteiger partial charge in [-0.1, -0.05) is 6.92 Å². The molecule has 2 rings (SSSR count). The van der Waals surface area contributed by atoms with E-state index in [-0.39, 0.29) is 0 Å². The van der Waals surface area contributed by atoms with E-state index in [1.165, 1.54) is 5.70 Å². The molecule has 0 N–H and O–H groups in total. The fourth-order valence-corrected chi connectivity index (χ4v) is 2.81. The minimum atomic E-state index is 0.895. The van der Waals surface area contributed by atoms with Crippen molar-refractivity contribution in [3.63, 3.8) is 0 Å². The molecule has 1 fully saturated rings. The van der Waals surface area contributed by atoms with Crippen LogP contribution in [0.25, 0.3) is 0 Å². The Bertz CT molecular complexity index is 214. The molecule has 0 aliphatic carbocycles. The fraction of sp³-hybridized carbons (Fsp3) is 0.800. The standard InChI is InChI=1S/C10H18N2OS/c1-2-10-7-14-9-12(10)8-11-3-5-13-6-4-11/h7H,2-6,8-9H2,1H3. The van der Waals surface area contributed by atoms with Crippen molar-refractivity contribution in [2.75, 3.05) is 38.8 Å². The van der Waals surface area contributed by atoms with Gasteiger partial charge in [0.05, 0.1) is 25.8 Å². The summed E-state index contributed by atoms with van der Waals surface area (Å²) >= 11 is 1.91. The molecule has 2 aliphatic rings. The van der Waals surface area contributed by atoms with Gasteiger partial charge in [-0.15, -0.1) is 11.8 Å². The first-order valence-corrected chi connectivity index (χ1v) is 6.30.